The van der Waals surface area contributed by atoms with Crippen LogP contribution in [0.15, 0.2) is 27.8 Å². The number of hydrogen-bond donors (Lipinski definition) is 0. The molecule has 0 saturated heterocycles. The largest absolute Gasteiger partial charge is 0.426 e. The number of esters is 1. The third-order valence-corrected chi connectivity index (χ3v) is 2.39. The molecule has 0 saturated carbocycles. The van der Waals surface area contributed by atoms with Crippen LogP contribution in [0, 0.1) is 0 Å². The van der Waals surface area contributed by atoms with Crippen molar-refractivity contribution in [2.24, 2.45) is 5.16 Å². The highest BCUT2D eigenvalue weighted by Crippen LogP contribution is 2.24. The molecule has 0 unspecified atom stereocenters. The van der Waals surface area contributed by atoms with Gasteiger partial charge in [0.15, 0.2) is 0 Å². The van der Waals surface area contributed by atoms with Gasteiger partial charge < -0.3 is 9.57 Å². The summed E-state index contributed by atoms with van der Waals surface area (Å²) in [6.07, 6.45) is 0. The Hall–Kier alpha value is -1.69. The van der Waals surface area contributed by atoms with Crippen molar-refractivity contribution in [2.45, 2.75) is 20.8 Å². The Morgan fingerprint density at radius 3 is 2.39 bits per heavy atom. The summed E-state index contributed by atoms with van der Waals surface area (Å²) < 4.78 is 5.84. The van der Waals surface area contributed by atoms with Crippen LogP contribution in [0.4, 0.5) is 0 Å². The highest BCUT2D eigenvalue weighted by Gasteiger charge is 2.10. The van der Waals surface area contributed by atoms with E-state index in [9.17, 15) is 9.59 Å². The topological polar surface area (TPSA) is 65.0 Å². The zero-order valence-electron chi connectivity index (χ0n) is 10.2. The maximum absolute atomic E-state index is 11.0. The molecule has 0 aliphatic carbocycles. The van der Waals surface area contributed by atoms with E-state index in [1.165, 1.54) is 13.8 Å². The van der Waals surface area contributed by atoms with Crippen LogP contribution in [-0.2, 0) is 14.4 Å². The highest BCUT2D eigenvalue weighted by atomic mass is 79.9. The van der Waals surface area contributed by atoms with E-state index in [-0.39, 0.29) is 0 Å². The molecule has 0 spiro atoms. The Balaban J connectivity index is 3.11. The van der Waals surface area contributed by atoms with Gasteiger partial charge in [0.25, 0.3) is 0 Å². The lowest BCUT2D eigenvalue weighted by Gasteiger charge is -2.08. The number of benzene rings is 1. The Bertz CT molecular complexity index is 511. The van der Waals surface area contributed by atoms with Crippen molar-refractivity contribution in [3.8, 4) is 5.75 Å². The summed E-state index contributed by atoms with van der Waals surface area (Å²) in [5.41, 5.74) is 1.00. The number of nitrogens with zero attached hydrogens (tertiary/aromatic N) is 1. The fourth-order valence-corrected chi connectivity index (χ4v) is 1.57. The number of halogens is 1. The van der Waals surface area contributed by atoms with Crippen LogP contribution >= 0.6 is 15.9 Å². The average Bonchev–Trinajstić information content (AvgIpc) is 2.27. The molecule has 0 heterocycles. The van der Waals surface area contributed by atoms with Crippen LogP contribution in [0.2, 0.25) is 0 Å². The second kappa shape index (κ2) is 6.30. The minimum absolute atomic E-state index is 0.360. The van der Waals surface area contributed by atoms with Crippen LogP contribution in [0.1, 0.15) is 26.3 Å². The molecule has 0 aromatic heterocycles. The molecule has 1 aromatic carbocycles. The molecule has 0 bridgehead atoms. The standard InChI is InChI=1S/C12H12BrNO4/c1-7(14-18-9(3)16)11-6-10(13)4-5-12(11)17-8(2)15/h4-6H,1-3H3/b14-7-. The van der Waals surface area contributed by atoms with E-state index in [1.807, 2.05) is 0 Å². The van der Waals surface area contributed by atoms with Gasteiger partial charge in [0.05, 0.1) is 5.71 Å². The predicted octanol–water partition coefficient (Wildman–Crippen LogP) is 2.66. The fraction of sp³-hybridized carbons (Fsp3) is 0.250. The highest BCUT2D eigenvalue weighted by molar-refractivity contribution is 9.10. The van der Waals surface area contributed by atoms with E-state index < -0.39 is 11.9 Å². The number of hydrogen-bond acceptors (Lipinski definition) is 5. The van der Waals surface area contributed by atoms with Gasteiger partial charge >= 0.3 is 11.9 Å². The fourth-order valence-electron chi connectivity index (χ4n) is 1.21. The third kappa shape index (κ3) is 4.29. The monoisotopic (exact) mass is 313 g/mol. The van der Waals surface area contributed by atoms with Crippen molar-refractivity contribution in [3.63, 3.8) is 0 Å². The summed E-state index contributed by atoms with van der Waals surface area (Å²) in [5, 5.41) is 3.66. The molecule has 5 nitrogen and oxygen atoms in total. The first-order chi connectivity index (χ1) is 8.40. The molecular formula is C12H12BrNO4. The van der Waals surface area contributed by atoms with Crippen LogP contribution in [-0.4, -0.2) is 17.7 Å². The predicted molar refractivity (Wildman–Crippen MR) is 69.4 cm³/mol. The minimum atomic E-state index is -0.515. The van der Waals surface area contributed by atoms with Crippen LogP contribution in [0.3, 0.4) is 0 Å². The summed E-state index contributed by atoms with van der Waals surface area (Å²) in [6.45, 7) is 4.22. The van der Waals surface area contributed by atoms with E-state index in [0.717, 1.165) is 4.47 Å². The molecule has 1 aromatic rings. The van der Waals surface area contributed by atoms with Crippen molar-refractivity contribution < 1.29 is 19.2 Å². The number of rotatable bonds is 3. The number of carbonyl (C=O) groups excluding carboxylic acids is 2. The van der Waals surface area contributed by atoms with Gasteiger partial charge in [0, 0.05) is 23.9 Å². The molecular weight excluding hydrogens is 302 g/mol. The summed E-state index contributed by atoms with van der Waals surface area (Å²) in [6, 6.07) is 5.09. The van der Waals surface area contributed by atoms with Crippen LogP contribution in [0.25, 0.3) is 0 Å². The molecule has 0 atom stereocenters. The Morgan fingerprint density at radius 2 is 1.83 bits per heavy atom. The third-order valence-electron chi connectivity index (χ3n) is 1.90. The van der Waals surface area contributed by atoms with Gasteiger partial charge in [-0.2, -0.15) is 0 Å². The second-order valence-corrected chi connectivity index (χ2v) is 4.41. The second-order valence-electron chi connectivity index (χ2n) is 3.49. The normalized spacial score (nSPS) is 11.0. The van der Waals surface area contributed by atoms with Crippen LogP contribution < -0.4 is 4.74 Å². The van der Waals surface area contributed by atoms with Gasteiger partial charge in [0.2, 0.25) is 0 Å². The van der Waals surface area contributed by atoms with Crippen molar-refractivity contribution in [2.75, 3.05) is 0 Å². The lowest BCUT2D eigenvalue weighted by atomic mass is 10.1. The molecule has 96 valence electrons. The average molecular weight is 314 g/mol. The minimum Gasteiger partial charge on any atom is -0.426 e. The Kier molecular flexibility index (Phi) is 5.03. The van der Waals surface area contributed by atoms with Crippen molar-refractivity contribution >= 4 is 33.6 Å². The molecule has 18 heavy (non-hydrogen) atoms. The van der Waals surface area contributed by atoms with E-state index in [2.05, 4.69) is 25.9 Å². The quantitative estimate of drug-likeness (QED) is 0.283. The molecule has 0 N–H and O–H groups in total. The van der Waals surface area contributed by atoms with E-state index >= 15 is 0 Å². The SMILES string of the molecule is CC(=O)O/N=C(/C)c1cc(Br)ccc1OC(C)=O. The number of ether oxygens (including phenoxy) is 1. The van der Waals surface area contributed by atoms with E-state index in [0.29, 0.717) is 17.0 Å². The summed E-state index contributed by atoms with van der Waals surface area (Å²) in [4.78, 5) is 26.2. The Labute approximate surface area is 113 Å². The zero-order chi connectivity index (χ0) is 13.7. The summed E-state index contributed by atoms with van der Waals surface area (Å²) in [7, 11) is 0. The van der Waals surface area contributed by atoms with E-state index in [1.54, 1.807) is 25.1 Å². The molecule has 0 aliphatic rings. The molecule has 6 heteroatoms. The first kappa shape index (κ1) is 14.4. The van der Waals surface area contributed by atoms with Crippen molar-refractivity contribution in [1.82, 2.24) is 0 Å². The molecule has 0 radical (unpaired) electrons. The van der Waals surface area contributed by atoms with Crippen LogP contribution in [0.5, 0.6) is 5.75 Å². The maximum atomic E-state index is 11.0. The van der Waals surface area contributed by atoms with Gasteiger partial charge in [-0.3, -0.25) is 4.79 Å². The van der Waals surface area contributed by atoms with Gasteiger partial charge in [-0.25, -0.2) is 4.79 Å². The van der Waals surface area contributed by atoms with Gasteiger partial charge in [-0.15, -0.1) is 0 Å². The van der Waals surface area contributed by atoms with E-state index in [4.69, 9.17) is 4.74 Å². The molecule has 0 aliphatic heterocycles. The molecule has 0 fully saturated rings. The smallest absolute Gasteiger partial charge is 0.331 e. The lowest BCUT2D eigenvalue weighted by Crippen LogP contribution is -2.07. The van der Waals surface area contributed by atoms with Gasteiger partial charge in [0.1, 0.15) is 5.75 Å². The maximum Gasteiger partial charge on any atom is 0.331 e. The van der Waals surface area contributed by atoms with Gasteiger partial charge in [-0.05, 0) is 25.1 Å². The zero-order valence-corrected chi connectivity index (χ0v) is 11.8. The number of carbonyl (C=O) groups is 2. The van der Waals surface area contributed by atoms with Crippen molar-refractivity contribution in [3.05, 3.63) is 28.2 Å². The Morgan fingerprint density at radius 1 is 1.17 bits per heavy atom. The first-order valence-electron chi connectivity index (χ1n) is 5.10. The molecule has 1 rings (SSSR count). The summed E-state index contributed by atoms with van der Waals surface area (Å²) >= 11 is 3.31. The molecule has 0 amide bonds. The lowest BCUT2D eigenvalue weighted by molar-refractivity contribution is -0.141. The summed E-state index contributed by atoms with van der Waals surface area (Å²) in [5.74, 6) is -0.587. The first-order valence-corrected chi connectivity index (χ1v) is 5.90. The number of oxime groups is 1. The van der Waals surface area contributed by atoms with Crippen molar-refractivity contribution in [1.29, 1.82) is 0 Å². The van der Waals surface area contributed by atoms with Gasteiger partial charge in [-0.1, -0.05) is 21.1 Å².